The molecule has 1 saturated heterocycles. The van der Waals surface area contributed by atoms with E-state index in [0.29, 0.717) is 17.7 Å². The van der Waals surface area contributed by atoms with Crippen molar-refractivity contribution < 1.29 is 58.2 Å². The van der Waals surface area contributed by atoms with Gasteiger partial charge in [0.15, 0.2) is 9.84 Å². The number of aliphatic hydroxyl groups is 2. The Morgan fingerprint density at radius 1 is 1.02 bits per heavy atom. The highest BCUT2D eigenvalue weighted by molar-refractivity contribution is 7.93. The van der Waals surface area contributed by atoms with Crippen LogP contribution in [-0.4, -0.2) is 75.0 Å². The zero-order valence-corrected chi connectivity index (χ0v) is 23.4. The number of sulfonamides is 1. The van der Waals surface area contributed by atoms with Crippen LogP contribution in [0.25, 0.3) is 0 Å². The zero-order valence-electron chi connectivity index (χ0n) is 21.8. The van der Waals surface area contributed by atoms with Gasteiger partial charge in [-0.25, -0.2) is 16.8 Å². The van der Waals surface area contributed by atoms with Crippen LogP contribution in [0.4, 0.5) is 32.0 Å². The SMILES string of the molecule is Cc1ccc(S(=O)(=O)N2c3ccc(C(O)(C(F)(F)F)C(F)(F)F)cc3CC[C@H]2CC(=O)NC2CS(=O)(=O)CC2O)cc1. The molecule has 4 rings (SSSR count). The predicted molar refractivity (Wildman–Crippen MR) is 137 cm³/mol. The zero-order chi connectivity index (χ0) is 31.5. The first-order valence-corrected chi connectivity index (χ1v) is 15.7. The smallest absolute Gasteiger partial charge is 0.390 e. The Labute approximate surface area is 237 Å². The van der Waals surface area contributed by atoms with E-state index in [0.717, 1.165) is 10.4 Å². The lowest BCUT2D eigenvalue weighted by Gasteiger charge is -2.39. The van der Waals surface area contributed by atoms with E-state index < -0.39 is 85.4 Å². The Hall–Kier alpha value is -2.89. The summed E-state index contributed by atoms with van der Waals surface area (Å²) in [7, 11) is -8.17. The van der Waals surface area contributed by atoms with E-state index in [4.69, 9.17) is 0 Å². The fourth-order valence-corrected chi connectivity index (χ4v) is 8.59. The molecule has 3 atom stereocenters. The molecule has 0 aliphatic carbocycles. The van der Waals surface area contributed by atoms with E-state index >= 15 is 0 Å². The number of aliphatic hydroxyl groups excluding tert-OH is 1. The summed E-state index contributed by atoms with van der Waals surface area (Å²) in [6, 6.07) is 4.60. The number of alkyl halides is 6. The number of nitrogens with one attached hydrogen (secondary N) is 1. The number of benzene rings is 2. The minimum absolute atomic E-state index is 0.225. The first-order chi connectivity index (χ1) is 19.2. The third-order valence-electron chi connectivity index (χ3n) is 7.30. The summed E-state index contributed by atoms with van der Waals surface area (Å²) < 4.78 is 133. The maximum atomic E-state index is 13.8. The van der Waals surface area contributed by atoms with Gasteiger partial charge in [0.25, 0.3) is 15.6 Å². The van der Waals surface area contributed by atoms with Crippen molar-refractivity contribution in [2.45, 2.75) is 67.2 Å². The molecule has 9 nitrogen and oxygen atoms in total. The number of hydrogen-bond acceptors (Lipinski definition) is 7. The molecule has 2 aromatic rings. The Morgan fingerprint density at radius 2 is 1.62 bits per heavy atom. The largest absolute Gasteiger partial charge is 0.430 e. The number of amides is 1. The highest BCUT2D eigenvalue weighted by atomic mass is 32.2. The van der Waals surface area contributed by atoms with Gasteiger partial charge in [0.05, 0.1) is 40.3 Å². The van der Waals surface area contributed by atoms with Crippen LogP contribution in [0.2, 0.25) is 0 Å². The summed E-state index contributed by atoms with van der Waals surface area (Å²) in [5.41, 5.74) is -6.63. The number of carbonyl (C=O) groups is 1. The molecule has 2 aromatic carbocycles. The van der Waals surface area contributed by atoms with Crippen LogP contribution in [0.15, 0.2) is 47.4 Å². The number of rotatable bonds is 6. The van der Waals surface area contributed by atoms with Crippen LogP contribution >= 0.6 is 0 Å². The second-order valence-corrected chi connectivity index (χ2v) is 14.3. The summed E-state index contributed by atoms with van der Waals surface area (Å²) >= 11 is 0. The van der Waals surface area contributed by atoms with Crippen molar-refractivity contribution in [2.75, 3.05) is 15.8 Å². The lowest BCUT2D eigenvalue weighted by Crippen LogP contribution is -2.54. The van der Waals surface area contributed by atoms with E-state index in [1.807, 2.05) is 0 Å². The highest BCUT2D eigenvalue weighted by Gasteiger charge is 2.71. The fourth-order valence-electron chi connectivity index (χ4n) is 5.13. The lowest BCUT2D eigenvalue weighted by atomic mass is 9.87. The predicted octanol–water partition coefficient (Wildman–Crippen LogP) is 2.48. The van der Waals surface area contributed by atoms with Gasteiger partial charge in [0.2, 0.25) is 5.91 Å². The average Bonchev–Trinajstić information content (AvgIpc) is 3.12. The number of carbonyl (C=O) groups excluding carboxylic acids is 1. The van der Waals surface area contributed by atoms with Gasteiger partial charge in [0.1, 0.15) is 0 Å². The number of aryl methyl sites for hydroxylation is 2. The van der Waals surface area contributed by atoms with Crippen LogP contribution in [0.3, 0.4) is 0 Å². The molecule has 17 heteroatoms. The first-order valence-electron chi connectivity index (χ1n) is 12.5. The number of nitrogens with zero attached hydrogens (tertiary/aromatic N) is 1. The molecule has 1 fully saturated rings. The maximum absolute atomic E-state index is 13.8. The number of fused-ring (bicyclic) bond motifs is 1. The summed E-state index contributed by atoms with van der Waals surface area (Å²) in [5.74, 6) is -1.94. The van der Waals surface area contributed by atoms with Crippen LogP contribution in [0.5, 0.6) is 0 Å². The molecular weight excluding hydrogens is 618 g/mol. The molecule has 42 heavy (non-hydrogen) atoms. The maximum Gasteiger partial charge on any atom is 0.430 e. The highest BCUT2D eigenvalue weighted by Crippen LogP contribution is 2.51. The van der Waals surface area contributed by atoms with E-state index in [1.165, 1.54) is 24.3 Å². The van der Waals surface area contributed by atoms with Gasteiger partial charge in [-0.05, 0) is 43.5 Å². The fraction of sp³-hybridized carbons (Fsp3) is 0.480. The molecule has 3 N–H and O–H groups in total. The van der Waals surface area contributed by atoms with Crippen LogP contribution < -0.4 is 9.62 Å². The molecule has 1 amide bonds. The van der Waals surface area contributed by atoms with Gasteiger partial charge in [-0.2, -0.15) is 26.3 Å². The van der Waals surface area contributed by atoms with Gasteiger partial charge in [-0.15, -0.1) is 0 Å². The second-order valence-electron chi connectivity index (χ2n) is 10.4. The Kier molecular flexibility index (Phi) is 8.14. The van der Waals surface area contributed by atoms with Crippen molar-refractivity contribution in [3.8, 4) is 0 Å². The minimum atomic E-state index is -6.15. The molecule has 0 radical (unpaired) electrons. The van der Waals surface area contributed by atoms with Gasteiger partial charge < -0.3 is 15.5 Å². The van der Waals surface area contributed by atoms with Crippen molar-refractivity contribution in [1.82, 2.24) is 5.32 Å². The summed E-state index contributed by atoms with van der Waals surface area (Å²) in [4.78, 5) is 12.6. The summed E-state index contributed by atoms with van der Waals surface area (Å²) in [6.07, 6.45) is -14.7. The lowest BCUT2D eigenvalue weighted by molar-refractivity contribution is -0.376. The number of sulfone groups is 1. The van der Waals surface area contributed by atoms with E-state index in [1.54, 1.807) is 6.92 Å². The number of anilines is 1. The Balaban J connectivity index is 1.76. The van der Waals surface area contributed by atoms with E-state index in [2.05, 4.69) is 5.32 Å². The molecular formula is C25H26F6N2O7S2. The number of hydrogen-bond donors (Lipinski definition) is 3. The van der Waals surface area contributed by atoms with Crippen molar-refractivity contribution in [3.05, 3.63) is 59.2 Å². The summed E-state index contributed by atoms with van der Waals surface area (Å²) in [6.45, 7) is 1.68. The minimum Gasteiger partial charge on any atom is -0.390 e. The monoisotopic (exact) mass is 644 g/mol. The van der Waals surface area contributed by atoms with Crippen molar-refractivity contribution in [3.63, 3.8) is 0 Å². The van der Waals surface area contributed by atoms with E-state index in [-0.39, 0.29) is 29.0 Å². The van der Waals surface area contributed by atoms with Gasteiger partial charge in [0, 0.05) is 12.0 Å². The Morgan fingerprint density at radius 3 is 2.14 bits per heavy atom. The van der Waals surface area contributed by atoms with Crippen LogP contribution in [-0.2, 0) is 36.7 Å². The van der Waals surface area contributed by atoms with Gasteiger partial charge >= 0.3 is 12.4 Å². The molecule has 232 valence electrons. The second kappa shape index (κ2) is 10.7. The average molecular weight is 645 g/mol. The molecule has 2 unspecified atom stereocenters. The molecule has 0 saturated carbocycles. The molecule has 0 aromatic heterocycles. The van der Waals surface area contributed by atoms with Gasteiger partial charge in [-0.1, -0.05) is 29.8 Å². The Bertz CT molecular complexity index is 1560. The van der Waals surface area contributed by atoms with E-state index in [9.17, 15) is 58.2 Å². The van der Waals surface area contributed by atoms with Crippen molar-refractivity contribution in [2.24, 2.45) is 0 Å². The molecule has 0 spiro atoms. The first kappa shape index (κ1) is 32.0. The van der Waals surface area contributed by atoms with Crippen LogP contribution in [0, 0.1) is 6.92 Å². The van der Waals surface area contributed by atoms with Crippen molar-refractivity contribution in [1.29, 1.82) is 0 Å². The quantitative estimate of drug-likeness (QED) is 0.411. The van der Waals surface area contributed by atoms with Crippen molar-refractivity contribution >= 4 is 31.5 Å². The third-order valence-corrected chi connectivity index (χ3v) is 10.9. The third kappa shape index (κ3) is 5.83. The standard InChI is InChI=1S/C25H26F6N2O7S2/c1-14-2-7-18(8-3-14)42(39,40)33-17(11-22(35)32-19-12-41(37,38)13-21(19)34)6-4-15-10-16(5-9-20(15)33)23(36,24(26,27)28)25(29,30)31/h2-3,5,7-10,17,19,21,34,36H,4,6,11-13H2,1H3,(H,32,35)/t17-,19?,21?/m0/s1. The molecule has 2 heterocycles. The molecule has 2 aliphatic heterocycles. The molecule has 0 bridgehead atoms. The van der Waals surface area contributed by atoms with Gasteiger partial charge in [-0.3, -0.25) is 9.10 Å². The van der Waals surface area contributed by atoms with Crippen LogP contribution in [0.1, 0.15) is 29.5 Å². The summed E-state index contributed by atoms with van der Waals surface area (Å²) in [5, 5.41) is 22.2. The topological polar surface area (TPSA) is 141 Å². The number of halogens is 6. The molecule has 2 aliphatic rings. The normalized spacial score (nSPS) is 23.0.